The number of hydrogen-bond acceptors (Lipinski definition) is 2. The highest BCUT2D eigenvalue weighted by Crippen LogP contribution is 2.24. The Bertz CT molecular complexity index is 1160. The second kappa shape index (κ2) is 7.19. The van der Waals surface area contributed by atoms with Crippen LogP contribution >= 0.6 is 0 Å². The highest BCUT2D eigenvalue weighted by atomic mass is 16.2. The van der Waals surface area contributed by atoms with Crippen LogP contribution in [0.25, 0.3) is 16.9 Å². The maximum absolute atomic E-state index is 12.4. The molecule has 0 spiro atoms. The van der Waals surface area contributed by atoms with Crippen LogP contribution in [0.4, 0.5) is 16.2 Å². The van der Waals surface area contributed by atoms with Crippen molar-refractivity contribution in [1.82, 2.24) is 9.38 Å². The lowest BCUT2D eigenvalue weighted by Gasteiger charge is -2.10. The lowest BCUT2D eigenvalue weighted by molar-refractivity contribution is 0.262. The summed E-state index contributed by atoms with van der Waals surface area (Å²) in [5.41, 5.74) is 7.59. The van der Waals surface area contributed by atoms with Crippen molar-refractivity contribution >= 4 is 23.1 Å². The van der Waals surface area contributed by atoms with Gasteiger partial charge in [-0.3, -0.25) is 0 Å². The molecule has 5 nitrogen and oxygen atoms in total. The summed E-state index contributed by atoms with van der Waals surface area (Å²) in [6, 6.07) is 17.4. The molecule has 0 atom stereocenters. The first-order chi connectivity index (χ1) is 13.5. The molecular weight excluding hydrogens is 348 g/mol. The van der Waals surface area contributed by atoms with Crippen molar-refractivity contribution in [3.63, 3.8) is 0 Å². The second-order valence-electron chi connectivity index (χ2n) is 7.08. The molecule has 2 heterocycles. The number of carbonyl (C=O) groups excluding carboxylic acids is 1. The number of nitrogens with one attached hydrogen (secondary N) is 2. The van der Waals surface area contributed by atoms with Gasteiger partial charge in [-0.15, -0.1) is 0 Å². The molecule has 0 fully saturated rings. The number of urea groups is 1. The molecule has 4 aromatic rings. The van der Waals surface area contributed by atoms with Gasteiger partial charge in [0.15, 0.2) is 0 Å². The highest BCUT2D eigenvalue weighted by molar-refractivity contribution is 6.00. The van der Waals surface area contributed by atoms with Gasteiger partial charge in [0.2, 0.25) is 0 Å². The van der Waals surface area contributed by atoms with E-state index in [4.69, 9.17) is 4.98 Å². The third kappa shape index (κ3) is 3.74. The zero-order valence-corrected chi connectivity index (χ0v) is 16.2. The topological polar surface area (TPSA) is 58.4 Å². The Hall–Kier alpha value is -3.60. The van der Waals surface area contributed by atoms with Crippen molar-refractivity contribution in [2.24, 2.45) is 0 Å². The molecule has 2 aromatic heterocycles. The van der Waals surface area contributed by atoms with E-state index < -0.39 is 0 Å². The molecule has 0 aliphatic rings. The minimum Gasteiger partial charge on any atom is -0.308 e. The van der Waals surface area contributed by atoms with Gasteiger partial charge >= 0.3 is 6.03 Å². The van der Waals surface area contributed by atoms with Crippen LogP contribution in [0, 0.1) is 20.8 Å². The number of fused-ring (bicyclic) bond motifs is 1. The maximum atomic E-state index is 12.4. The molecule has 0 saturated carbocycles. The lowest BCUT2D eigenvalue weighted by Crippen LogP contribution is -2.19. The summed E-state index contributed by atoms with van der Waals surface area (Å²) < 4.78 is 2.01. The summed E-state index contributed by atoms with van der Waals surface area (Å²) in [6.45, 7) is 6.06. The van der Waals surface area contributed by atoms with E-state index in [1.165, 1.54) is 0 Å². The van der Waals surface area contributed by atoms with Crippen molar-refractivity contribution in [2.45, 2.75) is 20.8 Å². The zero-order valence-electron chi connectivity index (χ0n) is 16.2. The Morgan fingerprint density at radius 3 is 2.39 bits per heavy atom. The minimum absolute atomic E-state index is 0.270. The monoisotopic (exact) mass is 370 g/mol. The van der Waals surface area contributed by atoms with Crippen molar-refractivity contribution in [1.29, 1.82) is 0 Å². The number of amides is 2. The van der Waals surface area contributed by atoms with Gasteiger partial charge in [0.1, 0.15) is 5.65 Å². The molecule has 4 rings (SSSR count). The van der Waals surface area contributed by atoms with Crippen LogP contribution in [0.15, 0.2) is 67.0 Å². The zero-order chi connectivity index (χ0) is 19.7. The van der Waals surface area contributed by atoms with Gasteiger partial charge < -0.3 is 15.0 Å². The van der Waals surface area contributed by atoms with Gasteiger partial charge in [-0.25, -0.2) is 9.78 Å². The van der Waals surface area contributed by atoms with Crippen molar-refractivity contribution in [3.8, 4) is 11.3 Å². The fraction of sp³-hybridized carbons (Fsp3) is 0.130. The molecular formula is C23H22N4O. The Kier molecular flexibility index (Phi) is 4.57. The molecule has 2 aromatic carbocycles. The van der Waals surface area contributed by atoms with E-state index in [0.717, 1.165) is 39.3 Å². The van der Waals surface area contributed by atoms with Crippen molar-refractivity contribution in [2.75, 3.05) is 10.6 Å². The normalized spacial score (nSPS) is 10.8. The fourth-order valence-electron chi connectivity index (χ4n) is 3.39. The molecule has 0 aliphatic carbocycles. The van der Waals surface area contributed by atoms with Crippen molar-refractivity contribution < 1.29 is 4.79 Å². The fourth-order valence-corrected chi connectivity index (χ4v) is 3.39. The summed E-state index contributed by atoms with van der Waals surface area (Å²) in [6.07, 6.45) is 3.98. The van der Waals surface area contributed by atoms with E-state index in [9.17, 15) is 4.79 Å². The predicted octanol–water partition coefficient (Wildman–Crippen LogP) is 5.57. The number of rotatable bonds is 3. The summed E-state index contributed by atoms with van der Waals surface area (Å²) in [5.74, 6) is 0. The number of anilines is 2. The average molecular weight is 370 g/mol. The summed E-state index contributed by atoms with van der Waals surface area (Å²) in [7, 11) is 0. The van der Waals surface area contributed by atoms with Gasteiger partial charge in [-0.2, -0.15) is 0 Å². The van der Waals surface area contributed by atoms with Gasteiger partial charge in [0, 0.05) is 29.3 Å². The van der Waals surface area contributed by atoms with E-state index in [0.29, 0.717) is 5.69 Å². The predicted molar refractivity (Wildman–Crippen MR) is 114 cm³/mol. The maximum Gasteiger partial charge on any atom is 0.323 e. The molecule has 0 radical (unpaired) electrons. The quantitative estimate of drug-likeness (QED) is 0.495. The largest absolute Gasteiger partial charge is 0.323 e. The Morgan fingerprint density at radius 1 is 0.893 bits per heavy atom. The minimum atomic E-state index is -0.270. The Balaban J connectivity index is 1.54. The number of hydrogen-bond donors (Lipinski definition) is 2. The van der Waals surface area contributed by atoms with E-state index in [-0.39, 0.29) is 6.03 Å². The molecule has 5 heteroatoms. The third-order valence-corrected chi connectivity index (χ3v) is 4.57. The molecule has 2 N–H and O–H groups in total. The van der Waals surface area contributed by atoms with Gasteiger partial charge in [-0.1, -0.05) is 24.3 Å². The number of pyridine rings is 1. The van der Waals surface area contributed by atoms with Crippen molar-refractivity contribution in [3.05, 3.63) is 83.7 Å². The second-order valence-corrected chi connectivity index (χ2v) is 7.08. The molecule has 0 saturated heterocycles. The first-order valence-corrected chi connectivity index (χ1v) is 9.19. The third-order valence-electron chi connectivity index (χ3n) is 4.57. The number of imidazole rings is 1. The van der Waals surface area contributed by atoms with Gasteiger partial charge in [0.05, 0.1) is 5.69 Å². The molecule has 140 valence electrons. The van der Waals surface area contributed by atoms with Gasteiger partial charge in [-0.05, 0) is 67.8 Å². The SMILES string of the molecule is Cc1cc(C)cc(NC(=O)Nc2cccc(-c3cn4cccc(C)c4n3)c2)c1. The number of aromatic nitrogens is 2. The van der Waals surface area contributed by atoms with Crippen LogP contribution in [0.1, 0.15) is 16.7 Å². The van der Waals surface area contributed by atoms with Crippen LogP contribution in [0.3, 0.4) is 0 Å². The summed E-state index contributed by atoms with van der Waals surface area (Å²) >= 11 is 0. The Morgan fingerprint density at radius 2 is 1.64 bits per heavy atom. The van der Waals surface area contributed by atoms with E-state index in [1.54, 1.807) is 0 Å². The number of nitrogens with zero attached hydrogens (tertiary/aromatic N) is 2. The molecule has 2 amide bonds. The van der Waals surface area contributed by atoms with E-state index in [2.05, 4.69) is 16.7 Å². The first-order valence-electron chi connectivity index (χ1n) is 9.19. The molecule has 0 unspecified atom stereocenters. The van der Waals surface area contributed by atoms with Crippen LogP contribution in [-0.2, 0) is 0 Å². The number of carbonyl (C=O) groups is 1. The van der Waals surface area contributed by atoms with Crippen LogP contribution in [-0.4, -0.2) is 15.4 Å². The van der Waals surface area contributed by atoms with Crippen LogP contribution < -0.4 is 10.6 Å². The molecule has 0 bridgehead atoms. The van der Waals surface area contributed by atoms with Gasteiger partial charge in [0.25, 0.3) is 0 Å². The van der Waals surface area contributed by atoms with E-state index in [1.807, 2.05) is 86.1 Å². The lowest BCUT2D eigenvalue weighted by atomic mass is 10.1. The van der Waals surface area contributed by atoms with E-state index >= 15 is 0 Å². The Labute approximate surface area is 164 Å². The van der Waals surface area contributed by atoms with Crippen LogP contribution in [0.5, 0.6) is 0 Å². The first kappa shape index (κ1) is 17.8. The number of benzene rings is 2. The smallest absolute Gasteiger partial charge is 0.308 e. The molecule has 0 aliphatic heterocycles. The summed E-state index contributed by atoms with van der Waals surface area (Å²) in [5, 5.41) is 5.79. The molecule has 28 heavy (non-hydrogen) atoms. The standard InChI is InChI=1S/C23H22N4O/c1-15-10-16(2)12-20(11-15)25-23(28)24-19-8-4-7-18(13-19)21-14-27-9-5-6-17(3)22(27)26-21/h4-14H,1-3H3,(H2,24,25,28). The highest BCUT2D eigenvalue weighted by Gasteiger charge is 2.08. The van der Waals surface area contributed by atoms with Crippen LogP contribution in [0.2, 0.25) is 0 Å². The number of aryl methyl sites for hydroxylation is 3. The summed E-state index contributed by atoms with van der Waals surface area (Å²) in [4.78, 5) is 17.1. The average Bonchev–Trinajstić information content (AvgIpc) is 3.07.